The van der Waals surface area contributed by atoms with Crippen molar-refractivity contribution in [2.45, 2.75) is 6.10 Å². The van der Waals surface area contributed by atoms with Crippen LogP contribution in [0.1, 0.15) is 11.9 Å². The van der Waals surface area contributed by atoms with Gasteiger partial charge >= 0.3 is 0 Å². The summed E-state index contributed by atoms with van der Waals surface area (Å²) in [5, 5.41) is 9.79. The van der Waals surface area contributed by atoms with Crippen LogP contribution in [0.15, 0.2) is 22.8 Å². The van der Waals surface area contributed by atoms with Gasteiger partial charge in [-0.05, 0) is 12.1 Å². The van der Waals surface area contributed by atoms with Crippen LogP contribution < -0.4 is 0 Å². The molecule has 0 aromatic carbocycles. The van der Waals surface area contributed by atoms with E-state index in [4.69, 9.17) is 9.15 Å². The molecule has 1 aliphatic rings. The molecule has 14 heavy (non-hydrogen) atoms. The summed E-state index contributed by atoms with van der Waals surface area (Å²) in [6.45, 7) is 3.90. The summed E-state index contributed by atoms with van der Waals surface area (Å²) in [5.74, 6) is 0.636. The number of hydrogen-bond acceptors (Lipinski definition) is 4. The van der Waals surface area contributed by atoms with Crippen molar-refractivity contribution in [2.75, 3.05) is 32.8 Å². The van der Waals surface area contributed by atoms with Crippen LogP contribution in [-0.2, 0) is 4.74 Å². The highest BCUT2D eigenvalue weighted by Crippen LogP contribution is 2.14. The highest BCUT2D eigenvalue weighted by molar-refractivity contribution is 5.02. The molecule has 0 bridgehead atoms. The molecule has 2 rings (SSSR count). The average molecular weight is 197 g/mol. The molecule has 0 amide bonds. The summed E-state index contributed by atoms with van der Waals surface area (Å²) in [6, 6.07) is 3.59. The van der Waals surface area contributed by atoms with Crippen LogP contribution in [0.4, 0.5) is 0 Å². The Bertz CT molecular complexity index is 254. The molecule has 0 saturated carbocycles. The van der Waals surface area contributed by atoms with Crippen LogP contribution in [0.25, 0.3) is 0 Å². The van der Waals surface area contributed by atoms with Gasteiger partial charge in [0.15, 0.2) is 0 Å². The number of nitrogens with zero attached hydrogens (tertiary/aromatic N) is 1. The fraction of sp³-hybridized carbons (Fsp3) is 0.600. The van der Waals surface area contributed by atoms with Crippen molar-refractivity contribution < 1.29 is 14.3 Å². The highest BCUT2D eigenvalue weighted by Gasteiger charge is 2.17. The molecule has 1 fully saturated rings. The predicted molar refractivity (Wildman–Crippen MR) is 50.9 cm³/mol. The number of hydrogen-bond donors (Lipinski definition) is 1. The fourth-order valence-electron chi connectivity index (χ4n) is 1.60. The molecule has 1 aromatic heterocycles. The van der Waals surface area contributed by atoms with E-state index in [0.717, 1.165) is 26.3 Å². The summed E-state index contributed by atoms with van der Waals surface area (Å²) >= 11 is 0. The van der Waals surface area contributed by atoms with Crippen molar-refractivity contribution in [3.63, 3.8) is 0 Å². The fourth-order valence-corrected chi connectivity index (χ4v) is 1.60. The molecule has 0 aliphatic carbocycles. The molecule has 1 N–H and O–H groups in total. The molecular weight excluding hydrogens is 182 g/mol. The van der Waals surface area contributed by atoms with Crippen LogP contribution >= 0.6 is 0 Å². The van der Waals surface area contributed by atoms with E-state index in [2.05, 4.69) is 4.90 Å². The molecule has 1 unspecified atom stereocenters. The van der Waals surface area contributed by atoms with Crippen LogP contribution in [0, 0.1) is 0 Å². The van der Waals surface area contributed by atoms with E-state index in [1.807, 2.05) is 0 Å². The molecule has 0 radical (unpaired) electrons. The van der Waals surface area contributed by atoms with E-state index in [0.29, 0.717) is 12.3 Å². The monoisotopic (exact) mass is 197 g/mol. The Balaban J connectivity index is 1.84. The van der Waals surface area contributed by atoms with Gasteiger partial charge in [-0.15, -0.1) is 0 Å². The third kappa shape index (κ3) is 2.35. The average Bonchev–Trinajstić information content (AvgIpc) is 2.72. The Morgan fingerprint density at radius 2 is 2.21 bits per heavy atom. The molecule has 2 heterocycles. The largest absolute Gasteiger partial charge is 0.467 e. The molecule has 1 atom stereocenters. The first-order valence-electron chi connectivity index (χ1n) is 4.88. The third-order valence-corrected chi connectivity index (χ3v) is 2.41. The summed E-state index contributed by atoms with van der Waals surface area (Å²) < 4.78 is 10.4. The smallest absolute Gasteiger partial charge is 0.133 e. The van der Waals surface area contributed by atoms with Crippen molar-refractivity contribution in [1.29, 1.82) is 0 Å². The first-order chi connectivity index (χ1) is 6.86. The first kappa shape index (κ1) is 9.71. The zero-order valence-corrected chi connectivity index (χ0v) is 8.06. The number of β-amino-alcohol motifs (C(OH)–C–C–N with tert-alkyl or cyclic N) is 1. The SMILES string of the molecule is OC(CN1CCOCC1)c1ccco1. The van der Waals surface area contributed by atoms with Crippen molar-refractivity contribution >= 4 is 0 Å². The van der Waals surface area contributed by atoms with Gasteiger partial charge in [-0.3, -0.25) is 4.90 Å². The first-order valence-corrected chi connectivity index (χ1v) is 4.88. The molecule has 4 heteroatoms. The molecule has 4 nitrogen and oxygen atoms in total. The summed E-state index contributed by atoms with van der Waals surface area (Å²) in [7, 11) is 0. The van der Waals surface area contributed by atoms with E-state index in [1.165, 1.54) is 0 Å². The van der Waals surface area contributed by atoms with Gasteiger partial charge in [0.05, 0.1) is 19.5 Å². The molecule has 78 valence electrons. The van der Waals surface area contributed by atoms with Gasteiger partial charge in [0.25, 0.3) is 0 Å². The topological polar surface area (TPSA) is 45.8 Å². The third-order valence-electron chi connectivity index (χ3n) is 2.41. The van der Waals surface area contributed by atoms with E-state index in [9.17, 15) is 5.11 Å². The lowest BCUT2D eigenvalue weighted by atomic mass is 10.2. The van der Waals surface area contributed by atoms with Gasteiger partial charge in [-0.1, -0.05) is 0 Å². The number of ether oxygens (including phenoxy) is 1. The van der Waals surface area contributed by atoms with E-state index in [1.54, 1.807) is 18.4 Å². The Morgan fingerprint density at radius 1 is 1.43 bits per heavy atom. The lowest BCUT2D eigenvalue weighted by Gasteiger charge is -2.27. The number of aliphatic hydroxyl groups excluding tert-OH is 1. The minimum absolute atomic E-state index is 0.525. The Labute approximate surface area is 83.1 Å². The normalized spacial score (nSPS) is 20.9. The van der Waals surface area contributed by atoms with Crippen LogP contribution in [0.2, 0.25) is 0 Å². The maximum atomic E-state index is 9.79. The standard InChI is InChI=1S/C10H15NO3/c12-9(10-2-1-5-14-10)8-11-3-6-13-7-4-11/h1-2,5,9,12H,3-4,6-8H2. The van der Waals surface area contributed by atoms with Gasteiger partial charge in [0.2, 0.25) is 0 Å². The maximum absolute atomic E-state index is 9.79. The molecular formula is C10H15NO3. The molecule has 0 spiro atoms. The van der Waals surface area contributed by atoms with Gasteiger partial charge in [-0.2, -0.15) is 0 Å². The van der Waals surface area contributed by atoms with Gasteiger partial charge in [-0.25, -0.2) is 0 Å². The molecule has 1 aromatic rings. The Morgan fingerprint density at radius 3 is 2.86 bits per heavy atom. The quantitative estimate of drug-likeness (QED) is 0.772. The van der Waals surface area contributed by atoms with E-state index in [-0.39, 0.29) is 0 Å². The lowest BCUT2D eigenvalue weighted by molar-refractivity contribution is 0.0101. The maximum Gasteiger partial charge on any atom is 0.133 e. The Kier molecular flexibility index (Phi) is 3.18. The number of morpholine rings is 1. The van der Waals surface area contributed by atoms with Crippen molar-refractivity contribution in [3.8, 4) is 0 Å². The van der Waals surface area contributed by atoms with E-state index >= 15 is 0 Å². The summed E-state index contributed by atoms with van der Waals surface area (Å²) in [4.78, 5) is 2.18. The van der Waals surface area contributed by atoms with Crippen LogP contribution in [-0.4, -0.2) is 42.9 Å². The Hall–Kier alpha value is -0.840. The molecule has 1 aliphatic heterocycles. The zero-order valence-electron chi connectivity index (χ0n) is 8.06. The second kappa shape index (κ2) is 4.59. The van der Waals surface area contributed by atoms with Crippen molar-refractivity contribution in [2.24, 2.45) is 0 Å². The second-order valence-corrected chi connectivity index (χ2v) is 3.44. The number of rotatable bonds is 3. The van der Waals surface area contributed by atoms with Crippen LogP contribution in [0.3, 0.4) is 0 Å². The lowest BCUT2D eigenvalue weighted by Crippen LogP contribution is -2.38. The van der Waals surface area contributed by atoms with Gasteiger partial charge < -0.3 is 14.3 Å². The van der Waals surface area contributed by atoms with Gasteiger partial charge in [0, 0.05) is 19.6 Å². The zero-order chi connectivity index (χ0) is 9.80. The minimum Gasteiger partial charge on any atom is -0.467 e. The van der Waals surface area contributed by atoms with Crippen molar-refractivity contribution in [1.82, 2.24) is 4.90 Å². The highest BCUT2D eigenvalue weighted by atomic mass is 16.5. The summed E-state index contributed by atoms with van der Waals surface area (Å²) in [6.07, 6.45) is 1.06. The summed E-state index contributed by atoms with van der Waals surface area (Å²) in [5.41, 5.74) is 0. The number of furan rings is 1. The van der Waals surface area contributed by atoms with Gasteiger partial charge in [0.1, 0.15) is 11.9 Å². The predicted octanol–water partition coefficient (Wildman–Crippen LogP) is 0.645. The van der Waals surface area contributed by atoms with Crippen molar-refractivity contribution in [3.05, 3.63) is 24.2 Å². The second-order valence-electron chi connectivity index (χ2n) is 3.44. The van der Waals surface area contributed by atoms with Crippen LogP contribution in [0.5, 0.6) is 0 Å². The van der Waals surface area contributed by atoms with E-state index < -0.39 is 6.10 Å². The molecule has 1 saturated heterocycles. The number of aliphatic hydroxyl groups is 1. The minimum atomic E-state index is -0.525.